The molecule has 2 aromatic carbocycles. The van der Waals surface area contributed by atoms with Crippen molar-refractivity contribution < 1.29 is 4.74 Å². The van der Waals surface area contributed by atoms with Crippen molar-refractivity contribution in [2.45, 2.75) is 26.5 Å². The fourth-order valence-corrected chi connectivity index (χ4v) is 2.64. The van der Waals surface area contributed by atoms with Crippen LogP contribution < -0.4 is 10.5 Å². The minimum atomic E-state index is 0.389. The van der Waals surface area contributed by atoms with Crippen LogP contribution in [0.5, 0.6) is 5.75 Å². The van der Waals surface area contributed by atoms with Gasteiger partial charge in [0.1, 0.15) is 12.4 Å². The normalized spacial score (nSPS) is 11.2. The summed E-state index contributed by atoms with van der Waals surface area (Å²) in [7, 11) is 0. The van der Waals surface area contributed by atoms with E-state index in [4.69, 9.17) is 10.5 Å². The summed E-state index contributed by atoms with van der Waals surface area (Å²) in [6, 6.07) is 16.3. The zero-order valence-electron chi connectivity index (χ0n) is 12.4. The van der Waals surface area contributed by atoms with Crippen molar-refractivity contribution in [3.05, 3.63) is 60.3 Å². The van der Waals surface area contributed by atoms with E-state index in [0.717, 1.165) is 27.9 Å². The van der Waals surface area contributed by atoms with Crippen molar-refractivity contribution in [3.8, 4) is 5.75 Å². The Kier molecular flexibility index (Phi) is 3.57. The molecule has 0 saturated heterocycles. The van der Waals surface area contributed by atoms with Crippen molar-refractivity contribution >= 4 is 16.6 Å². The van der Waals surface area contributed by atoms with E-state index in [-0.39, 0.29) is 0 Å². The number of hydrogen-bond acceptors (Lipinski definition) is 2. The summed E-state index contributed by atoms with van der Waals surface area (Å²) in [5.41, 5.74) is 9.26. The van der Waals surface area contributed by atoms with Gasteiger partial charge in [-0.25, -0.2) is 0 Å². The number of fused-ring (bicyclic) bond motifs is 1. The third kappa shape index (κ3) is 2.59. The molecule has 0 amide bonds. The number of ether oxygens (including phenoxy) is 1. The van der Waals surface area contributed by atoms with Crippen LogP contribution in [0.4, 0.5) is 5.69 Å². The summed E-state index contributed by atoms with van der Waals surface area (Å²) >= 11 is 0. The van der Waals surface area contributed by atoms with Gasteiger partial charge in [0.25, 0.3) is 0 Å². The minimum absolute atomic E-state index is 0.389. The zero-order valence-corrected chi connectivity index (χ0v) is 12.4. The maximum Gasteiger partial charge on any atom is 0.119 e. The quantitative estimate of drug-likeness (QED) is 0.720. The molecule has 0 atom stereocenters. The molecule has 0 aliphatic rings. The van der Waals surface area contributed by atoms with Gasteiger partial charge in [-0.05, 0) is 38.1 Å². The fourth-order valence-electron chi connectivity index (χ4n) is 2.64. The van der Waals surface area contributed by atoms with Gasteiger partial charge in [0, 0.05) is 28.9 Å². The van der Waals surface area contributed by atoms with Crippen LogP contribution in [0.1, 0.15) is 25.5 Å². The zero-order chi connectivity index (χ0) is 14.8. The number of anilines is 1. The third-order valence-corrected chi connectivity index (χ3v) is 3.66. The second-order valence-electron chi connectivity index (χ2n) is 5.50. The molecule has 1 aromatic heterocycles. The van der Waals surface area contributed by atoms with Gasteiger partial charge in [-0.3, -0.25) is 0 Å². The first-order valence-corrected chi connectivity index (χ1v) is 7.22. The summed E-state index contributed by atoms with van der Waals surface area (Å²) in [6.45, 7) is 4.86. The number of nitrogen functional groups attached to an aromatic ring is 1. The molecule has 0 saturated carbocycles. The molecule has 3 aromatic rings. The number of aromatic nitrogens is 1. The van der Waals surface area contributed by atoms with Gasteiger partial charge in [-0.2, -0.15) is 0 Å². The van der Waals surface area contributed by atoms with Gasteiger partial charge in [-0.1, -0.05) is 24.3 Å². The number of para-hydroxylation sites is 1. The van der Waals surface area contributed by atoms with E-state index in [0.29, 0.717) is 12.6 Å². The SMILES string of the molecule is CC(C)n1cc(COc2ccccc2)c2c(N)cccc21. The molecule has 0 radical (unpaired) electrons. The Labute approximate surface area is 125 Å². The lowest BCUT2D eigenvalue weighted by atomic mass is 10.1. The lowest BCUT2D eigenvalue weighted by Crippen LogP contribution is -1.98. The van der Waals surface area contributed by atoms with Crippen LogP contribution >= 0.6 is 0 Å². The molecule has 0 fully saturated rings. The van der Waals surface area contributed by atoms with Crippen molar-refractivity contribution in [1.29, 1.82) is 0 Å². The first kappa shape index (κ1) is 13.6. The van der Waals surface area contributed by atoms with Gasteiger partial charge in [-0.15, -0.1) is 0 Å². The van der Waals surface area contributed by atoms with Crippen LogP contribution in [0.3, 0.4) is 0 Å². The van der Waals surface area contributed by atoms with E-state index in [2.05, 4.69) is 30.7 Å². The number of nitrogens with two attached hydrogens (primary N) is 1. The average Bonchev–Trinajstić information content (AvgIpc) is 2.87. The topological polar surface area (TPSA) is 40.2 Å². The van der Waals surface area contributed by atoms with Crippen LogP contribution in [-0.2, 0) is 6.61 Å². The third-order valence-electron chi connectivity index (χ3n) is 3.66. The fraction of sp³-hybridized carbons (Fsp3) is 0.222. The monoisotopic (exact) mass is 280 g/mol. The van der Waals surface area contributed by atoms with E-state index < -0.39 is 0 Å². The Bertz CT molecular complexity index is 745. The van der Waals surface area contributed by atoms with Crippen LogP contribution in [0.15, 0.2) is 54.7 Å². The highest BCUT2D eigenvalue weighted by molar-refractivity contribution is 5.94. The number of hydrogen-bond donors (Lipinski definition) is 1. The molecular formula is C18H20N2O. The predicted molar refractivity (Wildman–Crippen MR) is 87.5 cm³/mol. The van der Waals surface area contributed by atoms with Crippen molar-refractivity contribution in [3.63, 3.8) is 0 Å². The molecule has 2 N–H and O–H groups in total. The van der Waals surface area contributed by atoms with Crippen molar-refractivity contribution in [1.82, 2.24) is 4.57 Å². The van der Waals surface area contributed by atoms with Gasteiger partial charge in [0.05, 0.1) is 5.52 Å². The highest BCUT2D eigenvalue weighted by Crippen LogP contribution is 2.30. The summed E-state index contributed by atoms with van der Waals surface area (Å²) < 4.78 is 8.12. The number of rotatable bonds is 4. The molecule has 0 spiro atoms. The first-order valence-electron chi connectivity index (χ1n) is 7.22. The Hall–Kier alpha value is -2.42. The van der Waals surface area contributed by atoms with Gasteiger partial charge in [0.15, 0.2) is 0 Å². The van der Waals surface area contributed by atoms with E-state index in [1.807, 2.05) is 42.5 Å². The molecule has 0 aliphatic carbocycles. The average molecular weight is 280 g/mol. The van der Waals surface area contributed by atoms with Crippen LogP contribution in [0.25, 0.3) is 10.9 Å². The van der Waals surface area contributed by atoms with Gasteiger partial charge < -0.3 is 15.0 Å². The smallest absolute Gasteiger partial charge is 0.119 e. The lowest BCUT2D eigenvalue weighted by Gasteiger charge is -2.08. The largest absolute Gasteiger partial charge is 0.489 e. The maximum absolute atomic E-state index is 6.17. The van der Waals surface area contributed by atoms with Crippen LogP contribution in [-0.4, -0.2) is 4.57 Å². The van der Waals surface area contributed by atoms with E-state index in [9.17, 15) is 0 Å². The summed E-state index contributed by atoms with van der Waals surface area (Å²) in [5.74, 6) is 0.873. The van der Waals surface area contributed by atoms with Crippen LogP contribution in [0.2, 0.25) is 0 Å². The highest BCUT2D eigenvalue weighted by atomic mass is 16.5. The second kappa shape index (κ2) is 5.52. The van der Waals surface area contributed by atoms with Crippen molar-refractivity contribution in [2.75, 3.05) is 5.73 Å². The molecule has 3 nitrogen and oxygen atoms in total. The standard InChI is InChI=1S/C18H20N2O/c1-13(2)20-11-14(12-21-15-7-4-3-5-8-15)18-16(19)9-6-10-17(18)20/h3-11,13H,12,19H2,1-2H3. The lowest BCUT2D eigenvalue weighted by molar-refractivity contribution is 0.307. The number of benzene rings is 2. The Morgan fingerprint density at radius 3 is 2.52 bits per heavy atom. The molecule has 21 heavy (non-hydrogen) atoms. The molecule has 3 heteroatoms. The van der Waals surface area contributed by atoms with Crippen molar-refractivity contribution in [2.24, 2.45) is 0 Å². The first-order chi connectivity index (χ1) is 10.2. The predicted octanol–water partition coefficient (Wildman–Crippen LogP) is 4.38. The van der Waals surface area contributed by atoms with E-state index in [1.54, 1.807) is 0 Å². The highest BCUT2D eigenvalue weighted by Gasteiger charge is 2.13. The Morgan fingerprint density at radius 2 is 1.81 bits per heavy atom. The van der Waals surface area contributed by atoms with Gasteiger partial charge >= 0.3 is 0 Å². The molecule has 108 valence electrons. The Balaban J connectivity index is 1.98. The second-order valence-corrected chi connectivity index (χ2v) is 5.50. The van der Waals surface area contributed by atoms with Gasteiger partial charge in [0.2, 0.25) is 0 Å². The summed E-state index contributed by atoms with van der Waals surface area (Å²) in [6.07, 6.45) is 2.15. The molecule has 0 unspecified atom stereocenters. The molecule has 1 heterocycles. The maximum atomic E-state index is 6.17. The molecule has 0 aliphatic heterocycles. The summed E-state index contributed by atoms with van der Waals surface area (Å²) in [5, 5.41) is 1.10. The molecule has 3 rings (SSSR count). The van der Waals surface area contributed by atoms with E-state index in [1.165, 1.54) is 0 Å². The number of nitrogens with zero attached hydrogens (tertiary/aromatic N) is 1. The van der Waals surface area contributed by atoms with E-state index >= 15 is 0 Å². The van der Waals surface area contributed by atoms with Crippen LogP contribution in [0, 0.1) is 0 Å². The minimum Gasteiger partial charge on any atom is -0.489 e. The summed E-state index contributed by atoms with van der Waals surface area (Å²) in [4.78, 5) is 0. The molecular weight excluding hydrogens is 260 g/mol. The Morgan fingerprint density at radius 1 is 1.05 bits per heavy atom. The molecule has 0 bridgehead atoms.